The van der Waals surface area contributed by atoms with Gasteiger partial charge >= 0.3 is 0 Å². The van der Waals surface area contributed by atoms with Gasteiger partial charge in [0.2, 0.25) is 0 Å². The molecule has 0 aromatic heterocycles. The number of aryl methyl sites for hydroxylation is 1. The zero-order valence-corrected chi connectivity index (χ0v) is 9.46. The first-order valence-corrected chi connectivity index (χ1v) is 5.45. The topological polar surface area (TPSA) is 26.0 Å². The molecule has 0 saturated heterocycles. The molecule has 1 aromatic rings. The van der Waals surface area contributed by atoms with Gasteiger partial charge in [0, 0.05) is 6.04 Å². The summed E-state index contributed by atoms with van der Waals surface area (Å²) in [4.78, 5) is 0. The van der Waals surface area contributed by atoms with Gasteiger partial charge < -0.3 is 5.73 Å². The van der Waals surface area contributed by atoms with E-state index in [-0.39, 0.29) is 6.04 Å². The molecule has 2 unspecified atom stereocenters. The number of hydrogen-bond acceptors (Lipinski definition) is 1. The molecule has 0 spiro atoms. The highest BCUT2D eigenvalue weighted by Gasteiger charge is 2.09. The van der Waals surface area contributed by atoms with Crippen LogP contribution in [0.5, 0.6) is 0 Å². The van der Waals surface area contributed by atoms with Crippen LogP contribution in [0.3, 0.4) is 0 Å². The molecule has 1 heteroatoms. The standard InChI is InChI=1S/C13H21N/c1-4-10(2)9-13(14)12-7-5-6-11(3)8-12/h5-8,10,13H,4,9,14H2,1-3H3. The average molecular weight is 191 g/mol. The molecule has 14 heavy (non-hydrogen) atoms. The van der Waals surface area contributed by atoms with Crippen LogP contribution in [0.2, 0.25) is 0 Å². The van der Waals surface area contributed by atoms with Crippen molar-refractivity contribution in [2.75, 3.05) is 0 Å². The van der Waals surface area contributed by atoms with Gasteiger partial charge in [-0.3, -0.25) is 0 Å². The predicted octanol–water partition coefficient (Wildman–Crippen LogP) is 3.43. The Labute approximate surface area is 87.3 Å². The predicted molar refractivity (Wildman–Crippen MR) is 62.2 cm³/mol. The monoisotopic (exact) mass is 191 g/mol. The molecule has 0 aliphatic heterocycles. The van der Waals surface area contributed by atoms with Crippen LogP contribution in [0.4, 0.5) is 0 Å². The molecular weight excluding hydrogens is 170 g/mol. The van der Waals surface area contributed by atoms with Crippen LogP contribution >= 0.6 is 0 Å². The minimum Gasteiger partial charge on any atom is -0.324 e. The summed E-state index contributed by atoms with van der Waals surface area (Å²) in [6.07, 6.45) is 2.29. The minimum absolute atomic E-state index is 0.199. The molecule has 78 valence electrons. The van der Waals surface area contributed by atoms with E-state index in [0.717, 1.165) is 6.42 Å². The van der Waals surface area contributed by atoms with Gasteiger partial charge in [-0.1, -0.05) is 50.1 Å². The second kappa shape index (κ2) is 5.16. The normalized spacial score (nSPS) is 15.1. The zero-order valence-electron chi connectivity index (χ0n) is 9.46. The van der Waals surface area contributed by atoms with Crippen LogP contribution in [0.1, 0.15) is 43.9 Å². The summed E-state index contributed by atoms with van der Waals surface area (Å²) in [5.41, 5.74) is 8.70. The van der Waals surface area contributed by atoms with Crippen molar-refractivity contribution in [3.05, 3.63) is 35.4 Å². The summed E-state index contributed by atoms with van der Waals surface area (Å²) in [5, 5.41) is 0. The molecule has 1 rings (SSSR count). The van der Waals surface area contributed by atoms with Crippen molar-refractivity contribution in [2.45, 2.75) is 39.7 Å². The third-order valence-corrected chi connectivity index (χ3v) is 2.82. The smallest absolute Gasteiger partial charge is 0.0297 e. The summed E-state index contributed by atoms with van der Waals surface area (Å²) < 4.78 is 0. The lowest BCUT2D eigenvalue weighted by Gasteiger charge is -2.16. The molecule has 0 radical (unpaired) electrons. The number of nitrogens with two attached hydrogens (primary N) is 1. The maximum Gasteiger partial charge on any atom is 0.0297 e. The van der Waals surface area contributed by atoms with Crippen molar-refractivity contribution in [1.82, 2.24) is 0 Å². The third kappa shape index (κ3) is 3.15. The lowest BCUT2D eigenvalue weighted by Crippen LogP contribution is -2.13. The molecule has 0 fully saturated rings. The fourth-order valence-electron chi connectivity index (χ4n) is 1.64. The number of benzene rings is 1. The fourth-order valence-corrected chi connectivity index (χ4v) is 1.64. The first kappa shape index (κ1) is 11.3. The Morgan fingerprint density at radius 3 is 2.64 bits per heavy atom. The van der Waals surface area contributed by atoms with Crippen LogP contribution < -0.4 is 5.73 Å². The van der Waals surface area contributed by atoms with Crippen LogP contribution in [-0.4, -0.2) is 0 Å². The fraction of sp³-hybridized carbons (Fsp3) is 0.538. The van der Waals surface area contributed by atoms with Gasteiger partial charge in [-0.15, -0.1) is 0 Å². The quantitative estimate of drug-likeness (QED) is 0.775. The van der Waals surface area contributed by atoms with Gasteiger partial charge in [0.25, 0.3) is 0 Å². The highest BCUT2D eigenvalue weighted by atomic mass is 14.6. The van der Waals surface area contributed by atoms with E-state index in [9.17, 15) is 0 Å². The Hall–Kier alpha value is -0.820. The van der Waals surface area contributed by atoms with E-state index >= 15 is 0 Å². The Balaban J connectivity index is 2.64. The molecule has 0 aliphatic rings. The molecule has 2 N–H and O–H groups in total. The average Bonchev–Trinajstić information content (AvgIpc) is 2.17. The van der Waals surface area contributed by atoms with Crippen LogP contribution in [-0.2, 0) is 0 Å². The molecule has 2 atom stereocenters. The first-order valence-electron chi connectivity index (χ1n) is 5.45. The lowest BCUT2D eigenvalue weighted by molar-refractivity contribution is 0.461. The summed E-state index contributed by atoms with van der Waals surface area (Å²) in [7, 11) is 0. The summed E-state index contributed by atoms with van der Waals surface area (Å²) in [6.45, 7) is 6.59. The second-order valence-corrected chi connectivity index (χ2v) is 4.27. The van der Waals surface area contributed by atoms with E-state index < -0.39 is 0 Å². The summed E-state index contributed by atoms with van der Waals surface area (Å²) in [6, 6.07) is 8.71. The van der Waals surface area contributed by atoms with Gasteiger partial charge in [0.15, 0.2) is 0 Å². The maximum absolute atomic E-state index is 6.14. The Morgan fingerprint density at radius 1 is 1.36 bits per heavy atom. The van der Waals surface area contributed by atoms with E-state index in [1.165, 1.54) is 17.5 Å². The van der Waals surface area contributed by atoms with Gasteiger partial charge in [0.05, 0.1) is 0 Å². The summed E-state index contributed by atoms with van der Waals surface area (Å²) >= 11 is 0. The van der Waals surface area contributed by atoms with Crippen molar-refractivity contribution >= 4 is 0 Å². The molecule has 1 aromatic carbocycles. The van der Waals surface area contributed by atoms with Crippen molar-refractivity contribution in [3.8, 4) is 0 Å². The van der Waals surface area contributed by atoms with Crippen LogP contribution in [0.15, 0.2) is 24.3 Å². The van der Waals surface area contributed by atoms with Crippen LogP contribution in [0, 0.1) is 12.8 Å². The van der Waals surface area contributed by atoms with Gasteiger partial charge in [-0.25, -0.2) is 0 Å². The van der Waals surface area contributed by atoms with Crippen molar-refractivity contribution in [1.29, 1.82) is 0 Å². The zero-order chi connectivity index (χ0) is 10.6. The lowest BCUT2D eigenvalue weighted by atomic mass is 9.94. The number of rotatable bonds is 4. The van der Waals surface area contributed by atoms with Gasteiger partial charge in [-0.2, -0.15) is 0 Å². The first-order chi connectivity index (χ1) is 6.63. The minimum atomic E-state index is 0.199. The molecule has 0 saturated carbocycles. The summed E-state index contributed by atoms with van der Waals surface area (Å²) in [5.74, 6) is 0.713. The molecule has 0 bridgehead atoms. The second-order valence-electron chi connectivity index (χ2n) is 4.27. The molecule has 0 amide bonds. The number of hydrogen-bond donors (Lipinski definition) is 1. The Bertz CT molecular complexity index is 280. The van der Waals surface area contributed by atoms with Gasteiger partial charge in [0.1, 0.15) is 0 Å². The van der Waals surface area contributed by atoms with Gasteiger partial charge in [-0.05, 0) is 24.8 Å². The van der Waals surface area contributed by atoms with E-state index in [0.29, 0.717) is 5.92 Å². The van der Waals surface area contributed by atoms with E-state index in [1.54, 1.807) is 0 Å². The van der Waals surface area contributed by atoms with E-state index in [1.807, 2.05) is 0 Å². The molecule has 1 nitrogen and oxygen atoms in total. The third-order valence-electron chi connectivity index (χ3n) is 2.82. The highest BCUT2D eigenvalue weighted by Crippen LogP contribution is 2.21. The van der Waals surface area contributed by atoms with Crippen LogP contribution in [0.25, 0.3) is 0 Å². The molecule has 0 aliphatic carbocycles. The van der Waals surface area contributed by atoms with E-state index in [4.69, 9.17) is 5.73 Å². The molecule has 0 heterocycles. The van der Waals surface area contributed by atoms with Crippen molar-refractivity contribution in [3.63, 3.8) is 0 Å². The highest BCUT2D eigenvalue weighted by molar-refractivity contribution is 5.24. The largest absolute Gasteiger partial charge is 0.324 e. The Morgan fingerprint density at radius 2 is 2.07 bits per heavy atom. The van der Waals surface area contributed by atoms with E-state index in [2.05, 4.69) is 45.0 Å². The van der Waals surface area contributed by atoms with Crippen molar-refractivity contribution < 1.29 is 0 Å². The molecular formula is C13H21N. The van der Waals surface area contributed by atoms with Crippen molar-refractivity contribution in [2.24, 2.45) is 11.7 Å². The maximum atomic E-state index is 6.14. The SMILES string of the molecule is CCC(C)CC(N)c1cccc(C)c1. The Kier molecular flexibility index (Phi) is 4.15.